The number of pyridine rings is 1. The van der Waals surface area contributed by atoms with Gasteiger partial charge in [-0.25, -0.2) is 9.78 Å². The molecular weight excluding hydrogens is 268 g/mol. The van der Waals surface area contributed by atoms with E-state index in [-0.39, 0.29) is 10.8 Å². The molecule has 19 heavy (non-hydrogen) atoms. The van der Waals surface area contributed by atoms with Crippen LogP contribution < -0.4 is 10.1 Å². The predicted octanol–water partition coefficient (Wildman–Crippen LogP) is 2.10. The van der Waals surface area contributed by atoms with Gasteiger partial charge in [0.2, 0.25) is 5.88 Å². The first kappa shape index (κ1) is 13.0. The van der Waals surface area contributed by atoms with Crippen LogP contribution in [0.2, 0.25) is 0 Å². The first-order valence-corrected chi connectivity index (χ1v) is 6.06. The molecule has 2 aromatic heterocycles. The van der Waals surface area contributed by atoms with E-state index < -0.39 is 5.97 Å². The first-order chi connectivity index (χ1) is 9.10. The van der Waals surface area contributed by atoms with Gasteiger partial charge in [0.05, 0.1) is 23.9 Å². The lowest BCUT2D eigenvalue weighted by Gasteiger charge is -2.03. The van der Waals surface area contributed by atoms with Crippen LogP contribution >= 0.6 is 11.3 Å². The van der Waals surface area contributed by atoms with Gasteiger partial charge in [-0.1, -0.05) is 0 Å². The highest BCUT2D eigenvalue weighted by Crippen LogP contribution is 2.18. The molecule has 6 nitrogen and oxygen atoms in total. The van der Waals surface area contributed by atoms with Crippen LogP contribution in [0.15, 0.2) is 30.5 Å². The highest BCUT2D eigenvalue weighted by atomic mass is 32.1. The Morgan fingerprint density at radius 1 is 1.26 bits per heavy atom. The minimum absolute atomic E-state index is 0.123. The summed E-state index contributed by atoms with van der Waals surface area (Å²) in [5.74, 6) is -0.970. The third-order valence-electron chi connectivity index (χ3n) is 2.24. The number of carbonyl (C=O) groups excluding carboxylic acids is 1. The second kappa shape index (κ2) is 5.49. The quantitative estimate of drug-likeness (QED) is 0.894. The van der Waals surface area contributed by atoms with E-state index in [4.69, 9.17) is 9.84 Å². The van der Waals surface area contributed by atoms with E-state index in [1.807, 2.05) is 0 Å². The molecule has 7 heteroatoms. The number of nitrogens with one attached hydrogen (secondary N) is 1. The zero-order valence-corrected chi connectivity index (χ0v) is 10.7. The normalized spacial score (nSPS) is 9.95. The molecule has 2 aromatic rings. The monoisotopic (exact) mass is 278 g/mol. The van der Waals surface area contributed by atoms with E-state index >= 15 is 0 Å². The SMILES string of the molecule is COc1ccc(NC(=O)c2ccc(C(=O)O)s2)cn1. The molecule has 0 saturated carbocycles. The lowest BCUT2D eigenvalue weighted by Crippen LogP contribution is -2.10. The maximum absolute atomic E-state index is 11.9. The molecule has 0 aromatic carbocycles. The molecule has 2 heterocycles. The number of carboxylic acids is 1. The lowest BCUT2D eigenvalue weighted by atomic mass is 10.3. The van der Waals surface area contributed by atoms with Crippen molar-refractivity contribution in [2.75, 3.05) is 12.4 Å². The van der Waals surface area contributed by atoms with Crippen molar-refractivity contribution in [3.8, 4) is 5.88 Å². The number of ether oxygens (including phenoxy) is 1. The minimum Gasteiger partial charge on any atom is -0.481 e. The summed E-state index contributed by atoms with van der Waals surface area (Å²) >= 11 is 0.919. The molecule has 0 aliphatic rings. The molecule has 98 valence electrons. The van der Waals surface area contributed by atoms with Gasteiger partial charge < -0.3 is 15.2 Å². The molecule has 0 aliphatic carbocycles. The zero-order chi connectivity index (χ0) is 13.8. The Hall–Kier alpha value is -2.41. The summed E-state index contributed by atoms with van der Waals surface area (Å²) in [5.41, 5.74) is 0.510. The molecule has 0 atom stereocenters. The molecule has 0 aliphatic heterocycles. The van der Waals surface area contributed by atoms with Gasteiger partial charge in [-0.2, -0.15) is 0 Å². The van der Waals surface area contributed by atoms with Gasteiger partial charge in [0, 0.05) is 6.07 Å². The van der Waals surface area contributed by atoms with E-state index in [0.717, 1.165) is 11.3 Å². The first-order valence-electron chi connectivity index (χ1n) is 5.24. The third-order valence-corrected chi connectivity index (χ3v) is 3.32. The molecule has 0 unspecified atom stereocenters. The molecule has 0 fully saturated rings. The van der Waals surface area contributed by atoms with Crippen molar-refractivity contribution in [2.45, 2.75) is 0 Å². The summed E-state index contributed by atoms with van der Waals surface area (Å²) in [4.78, 5) is 27.0. The van der Waals surface area contributed by atoms with E-state index in [9.17, 15) is 9.59 Å². The van der Waals surface area contributed by atoms with Gasteiger partial charge in [0.1, 0.15) is 4.88 Å². The fourth-order valence-corrected chi connectivity index (χ4v) is 2.08. The van der Waals surface area contributed by atoms with Crippen molar-refractivity contribution in [1.82, 2.24) is 4.98 Å². The number of rotatable bonds is 4. The number of thiophene rings is 1. The summed E-state index contributed by atoms with van der Waals surface area (Å²) in [5, 5.41) is 11.4. The average molecular weight is 278 g/mol. The van der Waals surface area contributed by atoms with Gasteiger partial charge in [-0.3, -0.25) is 4.79 Å². The number of nitrogens with zero attached hydrogens (tertiary/aromatic N) is 1. The summed E-state index contributed by atoms with van der Waals surface area (Å²) in [6.45, 7) is 0. The molecule has 0 radical (unpaired) electrons. The summed E-state index contributed by atoms with van der Waals surface area (Å²) in [6.07, 6.45) is 1.46. The average Bonchev–Trinajstić information content (AvgIpc) is 2.89. The van der Waals surface area contributed by atoms with Crippen LogP contribution in [0.1, 0.15) is 19.3 Å². The lowest BCUT2D eigenvalue weighted by molar-refractivity contribution is 0.0702. The Morgan fingerprint density at radius 2 is 2.00 bits per heavy atom. The van der Waals surface area contributed by atoms with Crippen molar-refractivity contribution in [1.29, 1.82) is 0 Å². The summed E-state index contributed by atoms with van der Waals surface area (Å²) in [7, 11) is 1.50. The smallest absolute Gasteiger partial charge is 0.345 e. The third kappa shape index (κ3) is 3.08. The van der Waals surface area contributed by atoms with Crippen molar-refractivity contribution in [2.24, 2.45) is 0 Å². The zero-order valence-electron chi connectivity index (χ0n) is 9.91. The van der Waals surface area contributed by atoms with Crippen molar-refractivity contribution < 1.29 is 19.4 Å². The second-order valence-corrected chi connectivity index (χ2v) is 4.60. The Labute approximate surface area is 112 Å². The van der Waals surface area contributed by atoms with E-state index in [2.05, 4.69) is 10.3 Å². The van der Waals surface area contributed by atoms with E-state index in [1.165, 1.54) is 25.4 Å². The van der Waals surface area contributed by atoms with Gasteiger partial charge in [0.15, 0.2) is 0 Å². The number of carboxylic acid groups (broad SMARTS) is 1. The molecule has 0 saturated heterocycles. The Morgan fingerprint density at radius 3 is 2.53 bits per heavy atom. The number of methoxy groups -OCH3 is 1. The van der Waals surface area contributed by atoms with Crippen molar-refractivity contribution >= 4 is 28.9 Å². The van der Waals surface area contributed by atoms with E-state index in [1.54, 1.807) is 12.1 Å². The number of aromatic carboxylic acids is 1. The Balaban J connectivity index is 2.08. The number of amides is 1. The number of aromatic nitrogens is 1. The van der Waals surface area contributed by atoms with Crippen LogP contribution in [0.3, 0.4) is 0 Å². The Kier molecular flexibility index (Phi) is 3.76. The highest BCUT2D eigenvalue weighted by molar-refractivity contribution is 7.15. The van der Waals surface area contributed by atoms with Gasteiger partial charge in [0.25, 0.3) is 5.91 Å². The van der Waals surface area contributed by atoms with Gasteiger partial charge in [-0.15, -0.1) is 11.3 Å². The molecule has 2 N–H and O–H groups in total. The summed E-state index contributed by atoms with van der Waals surface area (Å²) in [6, 6.07) is 6.14. The van der Waals surface area contributed by atoms with Crippen LogP contribution in [0, 0.1) is 0 Å². The van der Waals surface area contributed by atoms with Crippen LogP contribution in [0.25, 0.3) is 0 Å². The van der Waals surface area contributed by atoms with Gasteiger partial charge in [-0.05, 0) is 18.2 Å². The predicted molar refractivity (Wildman–Crippen MR) is 70.0 cm³/mol. The molecule has 1 amide bonds. The number of hydrogen-bond donors (Lipinski definition) is 2. The Bertz CT molecular complexity index is 606. The molecule has 0 bridgehead atoms. The number of carbonyl (C=O) groups is 2. The molecule has 0 spiro atoms. The second-order valence-electron chi connectivity index (χ2n) is 3.51. The highest BCUT2D eigenvalue weighted by Gasteiger charge is 2.13. The largest absolute Gasteiger partial charge is 0.481 e. The van der Waals surface area contributed by atoms with E-state index in [0.29, 0.717) is 16.4 Å². The topological polar surface area (TPSA) is 88.5 Å². The van der Waals surface area contributed by atoms with Crippen LogP contribution in [0.5, 0.6) is 5.88 Å². The number of anilines is 1. The fraction of sp³-hybridized carbons (Fsp3) is 0.0833. The molecular formula is C12H10N2O4S. The van der Waals surface area contributed by atoms with Crippen LogP contribution in [0.4, 0.5) is 5.69 Å². The maximum Gasteiger partial charge on any atom is 0.345 e. The van der Waals surface area contributed by atoms with Crippen molar-refractivity contribution in [3.05, 3.63) is 40.2 Å². The van der Waals surface area contributed by atoms with Gasteiger partial charge >= 0.3 is 5.97 Å². The van der Waals surface area contributed by atoms with Crippen molar-refractivity contribution in [3.63, 3.8) is 0 Å². The molecule has 2 rings (SSSR count). The summed E-state index contributed by atoms with van der Waals surface area (Å²) < 4.78 is 4.90. The minimum atomic E-state index is -1.05. The van der Waals surface area contributed by atoms with Crippen LogP contribution in [-0.2, 0) is 0 Å². The standard InChI is InChI=1S/C12H10N2O4S/c1-18-10-5-2-7(6-13-10)14-11(15)8-3-4-9(19-8)12(16)17/h2-6H,1H3,(H,14,15)(H,16,17). The fourth-order valence-electron chi connectivity index (χ4n) is 1.34. The van der Waals surface area contributed by atoms with Crippen LogP contribution in [-0.4, -0.2) is 29.1 Å². The number of hydrogen-bond acceptors (Lipinski definition) is 5. The maximum atomic E-state index is 11.9.